The average Bonchev–Trinajstić information content (AvgIpc) is 3.41. The van der Waals surface area contributed by atoms with Crippen molar-refractivity contribution in [3.63, 3.8) is 0 Å². The number of rotatable bonds is 15. The van der Waals surface area contributed by atoms with Gasteiger partial charge in [0.05, 0.1) is 39.9 Å². The van der Waals surface area contributed by atoms with Crippen LogP contribution in [0.5, 0.6) is 23.0 Å². The van der Waals surface area contributed by atoms with Gasteiger partial charge < -0.3 is 28.4 Å². The van der Waals surface area contributed by atoms with E-state index >= 15 is 0 Å². The highest BCUT2D eigenvalue weighted by Crippen LogP contribution is 2.28. The molecule has 0 aliphatic heterocycles. The Balaban J connectivity index is 1.62. The molecule has 0 spiro atoms. The molecule has 0 bridgehead atoms. The van der Waals surface area contributed by atoms with Crippen LogP contribution in [0.25, 0.3) is 0 Å². The van der Waals surface area contributed by atoms with Crippen molar-refractivity contribution >= 4 is 30.3 Å². The Hall–Kier alpha value is -5.14. The largest absolute Gasteiger partial charge is 0.493 e. The molecular weight excluding hydrogens is 524 g/mol. The van der Waals surface area contributed by atoms with E-state index in [1.165, 1.54) is 25.2 Å². The summed E-state index contributed by atoms with van der Waals surface area (Å²) in [5.41, 5.74) is 4.17. The molecule has 1 aromatic heterocycles. The van der Waals surface area contributed by atoms with E-state index in [4.69, 9.17) is 28.4 Å². The van der Waals surface area contributed by atoms with Crippen molar-refractivity contribution in [1.29, 1.82) is 0 Å². The monoisotopic (exact) mass is 554 g/mol. The first-order valence-corrected chi connectivity index (χ1v) is 12.1. The van der Waals surface area contributed by atoms with Crippen LogP contribution in [0.4, 0.5) is 5.95 Å². The van der Waals surface area contributed by atoms with E-state index in [9.17, 15) is 9.59 Å². The molecule has 2 aromatic carbocycles. The number of benzene rings is 2. The summed E-state index contributed by atoms with van der Waals surface area (Å²) in [6.07, 6.45) is 4.51. The molecule has 14 heteroatoms. The zero-order valence-electron chi connectivity index (χ0n) is 22.5. The minimum Gasteiger partial charge on any atom is -0.493 e. The molecule has 0 aliphatic carbocycles. The van der Waals surface area contributed by atoms with Crippen LogP contribution in [0, 0.1) is 0 Å². The third-order valence-corrected chi connectivity index (χ3v) is 4.92. The van der Waals surface area contributed by atoms with E-state index in [0.29, 0.717) is 34.1 Å². The van der Waals surface area contributed by atoms with Crippen LogP contribution in [0.3, 0.4) is 0 Å². The van der Waals surface area contributed by atoms with Gasteiger partial charge in [0.25, 0.3) is 5.95 Å². The lowest BCUT2D eigenvalue weighted by Crippen LogP contribution is -2.14. The molecule has 0 unspecified atom stereocenters. The normalized spacial score (nSPS) is 10.9. The number of hydrogen-bond acceptors (Lipinski definition) is 13. The van der Waals surface area contributed by atoms with E-state index in [1.807, 2.05) is 0 Å². The number of nitrogens with one attached hydrogen (secondary N) is 1. The molecular formula is C26H30N6O8. The molecule has 3 rings (SSSR count). The van der Waals surface area contributed by atoms with Crippen molar-refractivity contribution < 1.29 is 38.0 Å². The van der Waals surface area contributed by atoms with E-state index in [2.05, 4.69) is 25.8 Å². The summed E-state index contributed by atoms with van der Waals surface area (Å²) in [6, 6.07) is 10.2. The first-order valence-electron chi connectivity index (χ1n) is 12.1. The summed E-state index contributed by atoms with van der Waals surface area (Å²) in [5, 5.41) is 16.3. The number of anilines is 1. The van der Waals surface area contributed by atoms with Crippen LogP contribution in [0.15, 0.2) is 52.9 Å². The van der Waals surface area contributed by atoms with E-state index in [1.54, 1.807) is 62.7 Å². The Bertz CT molecular complexity index is 1340. The number of esters is 2. The first kappa shape index (κ1) is 29.4. The summed E-state index contributed by atoms with van der Waals surface area (Å²) >= 11 is 0. The number of carbonyl (C=O) groups excluding carboxylic acids is 2. The number of carbonyl (C=O) groups is 2. The molecule has 0 saturated carbocycles. The topological polar surface area (TPSA) is 157 Å². The van der Waals surface area contributed by atoms with Gasteiger partial charge in [0.1, 0.15) is 6.33 Å². The van der Waals surface area contributed by atoms with Gasteiger partial charge in [0.15, 0.2) is 36.2 Å². The molecule has 1 N–H and O–H groups in total. The van der Waals surface area contributed by atoms with Crippen LogP contribution in [0.2, 0.25) is 0 Å². The molecule has 0 aliphatic rings. The number of nitrogens with zero attached hydrogens (tertiary/aromatic N) is 5. The molecule has 40 heavy (non-hydrogen) atoms. The van der Waals surface area contributed by atoms with Crippen LogP contribution in [-0.4, -0.2) is 79.9 Å². The maximum absolute atomic E-state index is 11.5. The lowest BCUT2D eigenvalue weighted by Gasteiger charge is -2.10. The second-order valence-electron chi connectivity index (χ2n) is 7.62. The van der Waals surface area contributed by atoms with Gasteiger partial charge in [-0.2, -0.15) is 14.9 Å². The number of ether oxygens (including phenoxy) is 6. The molecule has 0 amide bonds. The average molecular weight is 555 g/mol. The number of hydrazone groups is 1. The van der Waals surface area contributed by atoms with Gasteiger partial charge >= 0.3 is 11.9 Å². The molecule has 0 atom stereocenters. The van der Waals surface area contributed by atoms with Gasteiger partial charge in [-0.15, -0.1) is 10.2 Å². The third-order valence-electron chi connectivity index (χ3n) is 4.92. The molecule has 0 saturated heterocycles. The van der Waals surface area contributed by atoms with E-state index in [-0.39, 0.29) is 32.4 Å². The quantitative estimate of drug-likeness (QED) is 0.167. The summed E-state index contributed by atoms with van der Waals surface area (Å²) < 4.78 is 32.7. The molecule has 1 heterocycles. The fourth-order valence-electron chi connectivity index (χ4n) is 3.13. The number of aromatic nitrogens is 3. The lowest BCUT2D eigenvalue weighted by molar-refractivity contribution is -0.146. The predicted molar refractivity (Wildman–Crippen MR) is 144 cm³/mol. The molecule has 212 valence electrons. The predicted octanol–water partition coefficient (Wildman–Crippen LogP) is 2.51. The second-order valence-corrected chi connectivity index (χ2v) is 7.62. The van der Waals surface area contributed by atoms with Crippen LogP contribution in [-0.2, 0) is 19.1 Å². The maximum atomic E-state index is 11.5. The van der Waals surface area contributed by atoms with Crippen LogP contribution in [0.1, 0.15) is 25.0 Å². The standard InChI is InChI=1S/C26H30N6O8/c1-5-37-24(33)15-39-20-9-7-18(11-22(20)35-3)13-27-30-26-31-28-17-32(26)29-14-19-8-10-21(23(12-19)36-4)40-16-25(34)38-6-2/h7-14,17H,5-6,15-16H2,1-4H3,(H,30,31)/b27-13+,29-14+. The molecule has 3 aromatic rings. The Morgan fingerprint density at radius 1 is 0.850 bits per heavy atom. The highest BCUT2D eigenvalue weighted by atomic mass is 16.6. The highest BCUT2D eigenvalue weighted by Gasteiger charge is 2.10. The summed E-state index contributed by atoms with van der Waals surface area (Å²) in [4.78, 5) is 23.1. The zero-order valence-corrected chi connectivity index (χ0v) is 22.5. The molecule has 0 fully saturated rings. The van der Waals surface area contributed by atoms with Gasteiger partial charge in [-0.05, 0) is 61.4 Å². The fourth-order valence-corrected chi connectivity index (χ4v) is 3.13. The van der Waals surface area contributed by atoms with E-state index in [0.717, 1.165) is 0 Å². The van der Waals surface area contributed by atoms with Gasteiger partial charge in [-0.25, -0.2) is 15.0 Å². The van der Waals surface area contributed by atoms with Gasteiger partial charge in [0.2, 0.25) is 0 Å². The van der Waals surface area contributed by atoms with Crippen molar-refractivity contribution in [3.8, 4) is 23.0 Å². The zero-order chi connectivity index (χ0) is 28.7. The molecule has 14 nitrogen and oxygen atoms in total. The summed E-state index contributed by atoms with van der Waals surface area (Å²) in [7, 11) is 2.98. The minimum absolute atomic E-state index is 0.227. The Morgan fingerprint density at radius 2 is 1.40 bits per heavy atom. The van der Waals surface area contributed by atoms with Crippen LogP contribution < -0.4 is 24.4 Å². The lowest BCUT2D eigenvalue weighted by atomic mass is 10.2. The highest BCUT2D eigenvalue weighted by molar-refractivity contribution is 5.82. The smallest absolute Gasteiger partial charge is 0.344 e. The maximum Gasteiger partial charge on any atom is 0.344 e. The van der Waals surface area contributed by atoms with Crippen molar-refractivity contribution in [3.05, 3.63) is 53.9 Å². The van der Waals surface area contributed by atoms with Crippen molar-refractivity contribution in [2.45, 2.75) is 13.8 Å². The Labute approximate surface area is 230 Å². The first-order chi connectivity index (χ1) is 19.5. The Morgan fingerprint density at radius 3 is 1.93 bits per heavy atom. The SMILES string of the molecule is CCOC(=O)COc1ccc(/C=N/Nc2nncn2/N=C/c2ccc(OCC(=O)OCC)c(OC)c2)cc1OC. The van der Waals surface area contributed by atoms with Crippen molar-refractivity contribution in [2.75, 3.05) is 46.1 Å². The molecule has 0 radical (unpaired) electrons. The van der Waals surface area contributed by atoms with Gasteiger partial charge in [0, 0.05) is 0 Å². The van der Waals surface area contributed by atoms with E-state index < -0.39 is 11.9 Å². The van der Waals surface area contributed by atoms with Crippen molar-refractivity contribution in [1.82, 2.24) is 14.9 Å². The third kappa shape index (κ3) is 8.72. The number of methoxy groups -OCH3 is 2. The Kier molecular flexibility index (Phi) is 11.3. The fraction of sp³-hybridized carbons (Fsp3) is 0.308. The summed E-state index contributed by atoms with van der Waals surface area (Å²) in [6.45, 7) is 3.54. The number of hydrogen-bond donors (Lipinski definition) is 1. The van der Waals surface area contributed by atoms with Gasteiger partial charge in [-0.1, -0.05) is 0 Å². The second kappa shape index (κ2) is 15.3. The van der Waals surface area contributed by atoms with Crippen molar-refractivity contribution in [2.24, 2.45) is 10.2 Å². The minimum atomic E-state index is -0.471. The van der Waals surface area contributed by atoms with Crippen LogP contribution >= 0.6 is 0 Å². The summed E-state index contributed by atoms with van der Waals surface area (Å²) in [5.74, 6) is 0.953. The van der Waals surface area contributed by atoms with Gasteiger partial charge in [-0.3, -0.25) is 0 Å².